The highest BCUT2D eigenvalue weighted by atomic mass is 19.2. The van der Waals surface area contributed by atoms with Gasteiger partial charge in [0.25, 0.3) is 0 Å². The Morgan fingerprint density at radius 3 is 2.35 bits per heavy atom. The van der Waals surface area contributed by atoms with E-state index in [0.29, 0.717) is 17.9 Å². The predicted molar refractivity (Wildman–Crippen MR) is 101 cm³/mol. The molecule has 0 amide bonds. The number of hydrogen-bond donors (Lipinski definition) is 1. The molecule has 2 nitrogen and oxygen atoms in total. The van der Waals surface area contributed by atoms with Crippen LogP contribution in [0.5, 0.6) is 5.75 Å². The van der Waals surface area contributed by atoms with Crippen LogP contribution in [-0.4, -0.2) is 11.7 Å². The zero-order valence-electron chi connectivity index (χ0n) is 16.5. The molecule has 0 spiro atoms. The maximum Gasteiger partial charge on any atom is 0.201 e. The van der Waals surface area contributed by atoms with Gasteiger partial charge in [-0.15, -0.1) is 0 Å². The van der Waals surface area contributed by atoms with Crippen molar-refractivity contribution in [1.82, 2.24) is 0 Å². The summed E-state index contributed by atoms with van der Waals surface area (Å²) in [6.07, 6.45) is 9.27. The Morgan fingerprint density at radius 1 is 1.08 bits per heavy atom. The normalized spacial score (nSPS) is 21.6. The molecule has 1 aliphatic carbocycles. The quantitative estimate of drug-likeness (QED) is 0.505. The number of aryl methyl sites for hydroxylation is 1. The van der Waals surface area contributed by atoms with Gasteiger partial charge in [-0.1, -0.05) is 58.3 Å². The molecule has 1 aromatic rings. The van der Waals surface area contributed by atoms with Crippen LogP contribution in [0.3, 0.4) is 0 Å². The van der Waals surface area contributed by atoms with Gasteiger partial charge in [0.2, 0.25) is 5.82 Å². The summed E-state index contributed by atoms with van der Waals surface area (Å²) in [6, 6.07) is 1.49. The predicted octanol–water partition coefficient (Wildman–Crippen LogP) is 6.48. The summed E-state index contributed by atoms with van der Waals surface area (Å²) >= 11 is 0. The van der Waals surface area contributed by atoms with E-state index in [9.17, 15) is 13.9 Å². The minimum atomic E-state index is -0.994. The zero-order chi connectivity index (χ0) is 19.1. The van der Waals surface area contributed by atoms with E-state index in [0.717, 1.165) is 18.8 Å². The van der Waals surface area contributed by atoms with Crippen molar-refractivity contribution in [3.63, 3.8) is 0 Å². The van der Waals surface area contributed by atoms with E-state index in [1.807, 2.05) is 0 Å². The molecule has 26 heavy (non-hydrogen) atoms. The lowest BCUT2D eigenvalue weighted by molar-refractivity contribution is 0.117. The van der Waals surface area contributed by atoms with Crippen molar-refractivity contribution >= 4 is 0 Å². The van der Waals surface area contributed by atoms with Gasteiger partial charge in [0, 0.05) is 5.56 Å². The van der Waals surface area contributed by atoms with Gasteiger partial charge in [0.15, 0.2) is 11.6 Å². The van der Waals surface area contributed by atoms with Gasteiger partial charge in [-0.05, 0) is 43.7 Å². The Bertz CT molecular complexity index is 566. The third kappa shape index (κ3) is 5.42. The molecule has 0 saturated heterocycles. The van der Waals surface area contributed by atoms with Crippen molar-refractivity contribution in [3.05, 3.63) is 28.8 Å². The molecule has 1 aliphatic rings. The van der Waals surface area contributed by atoms with E-state index in [1.165, 1.54) is 44.6 Å². The topological polar surface area (TPSA) is 29.5 Å². The number of aliphatic hydroxyl groups is 1. The molecule has 0 bridgehead atoms. The van der Waals surface area contributed by atoms with Crippen LogP contribution in [0, 0.1) is 30.4 Å². The maximum atomic E-state index is 14.5. The molecule has 2 rings (SSSR count). The molecule has 1 saturated carbocycles. The van der Waals surface area contributed by atoms with Crippen molar-refractivity contribution in [3.8, 4) is 5.75 Å². The van der Waals surface area contributed by atoms with E-state index >= 15 is 0 Å². The van der Waals surface area contributed by atoms with Crippen molar-refractivity contribution in [1.29, 1.82) is 0 Å². The average Bonchev–Trinajstić information content (AvgIpc) is 2.61. The second-order valence-corrected chi connectivity index (χ2v) is 7.80. The number of ether oxygens (including phenoxy) is 1. The molecular formula is C22H34F2O2. The summed E-state index contributed by atoms with van der Waals surface area (Å²) in [5, 5.41) is 10.6. The van der Waals surface area contributed by atoms with Gasteiger partial charge in [-0.3, -0.25) is 0 Å². The summed E-state index contributed by atoms with van der Waals surface area (Å²) in [7, 11) is 0. The third-order valence-electron chi connectivity index (χ3n) is 5.79. The monoisotopic (exact) mass is 368 g/mol. The highest BCUT2D eigenvalue weighted by Gasteiger charge is 2.27. The first kappa shape index (κ1) is 21.1. The molecule has 1 N–H and O–H groups in total. The van der Waals surface area contributed by atoms with Crippen LogP contribution in [0.1, 0.15) is 88.9 Å². The van der Waals surface area contributed by atoms with Crippen molar-refractivity contribution in [2.24, 2.45) is 11.8 Å². The van der Waals surface area contributed by atoms with Gasteiger partial charge in [-0.2, -0.15) is 4.39 Å². The van der Waals surface area contributed by atoms with E-state index in [-0.39, 0.29) is 17.9 Å². The zero-order valence-corrected chi connectivity index (χ0v) is 16.5. The third-order valence-corrected chi connectivity index (χ3v) is 5.79. The number of hydrogen-bond acceptors (Lipinski definition) is 2. The van der Waals surface area contributed by atoms with Gasteiger partial charge in [-0.25, -0.2) is 4.39 Å². The molecule has 1 unspecified atom stereocenters. The highest BCUT2D eigenvalue weighted by molar-refractivity contribution is 5.39. The summed E-state index contributed by atoms with van der Waals surface area (Å²) in [6.45, 7) is 5.94. The SMILES string of the molecule is CCCCCC1CCC(CC(O)c2c(C)cc(OCC)c(F)c2F)CC1. The second kappa shape index (κ2) is 10.2. The van der Waals surface area contributed by atoms with E-state index in [4.69, 9.17) is 4.74 Å². The molecule has 0 aliphatic heterocycles. The molecule has 0 radical (unpaired) electrons. The molecule has 1 aromatic carbocycles. The first-order valence-electron chi connectivity index (χ1n) is 10.3. The molecule has 148 valence electrons. The van der Waals surface area contributed by atoms with Crippen LogP contribution in [0.2, 0.25) is 0 Å². The number of halogens is 2. The first-order valence-corrected chi connectivity index (χ1v) is 10.3. The number of rotatable bonds is 9. The van der Waals surface area contributed by atoms with Crippen LogP contribution in [0.25, 0.3) is 0 Å². The molecule has 4 heteroatoms. The van der Waals surface area contributed by atoms with E-state index in [2.05, 4.69) is 6.92 Å². The minimum absolute atomic E-state index is 0.0777. The Hall–Kier alpha value is -1.16. The summed E-state index contributed by atoms with van der Waals surface area (Å²) in [5.41, 5.74) is 0.643. The Morgan fingerprint density at radius 2 is 1.73 bits per heavy atom. The van der Waals surface area contributed by atoms with E-state index in [1.54, 1.807) is 13.8 Å². The van der Waals surface area contributed by atoms with Crippen LogP contribution in [0.15, 0.2) is 6.07 Å². The van der Waals surface area contributed by atoms with Crippen LogP contribution < -0.4 is 4.74 Å². The standard InChI is InChI=1S/C22H34F2O2/c1-4-6-7-8-16-9-11-17(12-10-16)14-18(25)20-15(3)13-19(26-5-2)21(23)22(20)24/h13,16-18,25H,4-12,14H2,1-3H3. The fraction of sp³-hybridized carbons (Fsp3) is 0.727. The summed E-state index contributed by atoms with van der Waals surface area (Å²) < 4.78 is 33.8. The lowest BCUT2D eigenvalue weighted by Crippen LogP contribution is -2.18. The summed E-state index contributed by atoms with van der Waals surface area (Å²) in [5.74, 6) is -0.844. The van der Waals surface area contributed by atoms with Gasteiger partial charge < -0.3 is 9.84 Å². The minimum Gasteiger partial charge on any atom is -0.491 e. The largest absolute Gasteiger partial charge is 0.491 e. The van der Waals surface area contributed by atoms with Crippen molar-refractivity contribution < 1.29 is 18.6 Å². The molecular weight excluding hydrogens is 334 g/mol. The lowest BCUT2D eigenvalue weighted by Gasteiger charge is -2.30. The summed E-state index contributed by atoms with van der Waals surface area (Å²) in [4.78, 5) is 0. The second-order valence-electron chi connectivity index (χ2n) is 7.80. The Kier molecular flexibility index (Phi) is 8.33. The molecule has 0 heterocycles. The van der Waals surface area contributed by atoms with E-state index < -0.39 is 17.7 Å². The number of unbranched alkanes of at least 4 members (excludes halogenated alkanes) is 2. The fourth-order valence-corrected chi connectivity index (χ4v) is 4.28. The fourth-order valence-electron chi connectivity index (χ4n) is 4.28. The smallest absolute Gasteiger partial charge is 0.201 e. The van der Waals surface area contributed by atoms with Gasteiger partial charge in [0.1, 0.15) is 0 Å². The van der Waals surface area contributed by atoms with Crippen LogP contribution in [-0.2, 0) is 0 Å². The number of aliphatic hydroxyl groups excluding tert-OH is 1. The molecule has 0 aromatic heterocycles. The van der Waals surface area contributed by atoms with Crippen LogP contribution >= 0.6 is 0 Å². The first-order chi connectivity index (χ1) is 12.5. The highest BCUT2D eigenvalue weighted by Crippen LogP contribution is 2.38. The lowest BCUT2D eigenvalue weighted by atomic mass is 9.77. The van der Waals surface area contributed by atoms with Crippen molar-refractivity contribution in [2.75, 3.05) is 6.61 Å². The van der Waals surface area contributed by atoms with Crippen molar-refractivity contribution in [2.45, 2.75) is 84.7 Å². The van der Waals surface area contributed by atoms with Crippen LogP contribution in [0.4, 0.5) is 8.78 Å². The Labute approximate surface area is 157 Å². The van der Waals surface area contributed by atoms with Gasteiger partial charge >= 0.3 is 0 Å². The average molecular weight is 369 g/mol. The maximum absolute atomic E-state index is 14.5. The Balaban J connectivity index is 1.94. The number of benzene rings is 1. The molecule has 1 atom stereocenters. The van der Waals surface area contributed by atoms with Gasteiger partial charge in [0.05, 0.1) is 12.7 Å². The molecule has 1 fully saturated rings.